The number of para-hydroxylation sites is 1. The number of aliphatic hydroxyl groups is 1. The smallest absolute Gasteiger partial charge is 1.00 e. The Morgan fingerprint density at radius 2 is 1.61 bits per heavy atom. The second kappa shape index (κ2) is 10.9. The van der Waals surface area contributed by atoms with Gasteiger partial charge in [-0.15, -0.1) is 0 Å². The van der Waals surface area contributed by atoms with Gasteiger partial charge in [-0.05, 0) is 38.5 Å². The Kier molecular flexibility index (Phi) is 9.21. The van der Waals surface area contributed by atoms with Crippen LogP contribution >= 0.6 is 0 Å². The normalized spacial score (nSPS) is 11.3. The molecule has 0 radical (unpaired) electrons. The maximum absolute atomic E-state index is 12.4. The molecule has 1 aromatic heterocycles. The fourth-order valence-corrected chi connectivity index (χ4v) is 2.81. The van der Waals surface area contributed by atoms with Crippen LogP contribution in [0.1, 0.15) is 45.7 Å². The average Bonchev–Trinajstić information content (AvgIpc) is 2.61. The number of fused-ring (bicyclic) bond motifs is 1. The molecule has 0 spiro atoms. The van der Waals surface area contributed by atoms with Crippen molar-refractivity contribution in [1.82, 2.24) is 0 Å². The molecule has 0 aliphatic rings. The summed E-state index contributed by atoms with van der Waals surface area (Å²) in [7, 11) is 0. The number of hydrogen-bond acceptors (Lipinski definition) is 5. The first-order chi connectivity index (χ1) is 12.8. The topological polar surface area (TPSA) is 87.7 Å². The molecule has 1 heterocycles. The Morgan fingerprint density at radius 3 is 2.18 bits per heavy atom. The molecule has 0 amide bonds. The van der Waals surface area contributed by atoms with Gasteiger partial charge in [-0.1, -0.05) is 42.5 Å². The summed E-state index contributed by atoms with van der Waals surface area (Å²) in [6.45, 7) is 4.91. The van der Waals surface area contributed by atoms with Crippen LogP contribution in [0.2, 0.25) is 0 Å². The summed E-state index contributed by atoms with van der Waals surface area (Å²) in [5.74, 6) is -0.715. The number of aromatic hydroxyl groups is 1. The van der Waals surface area contributed by atoms with Gasteiger partial charge in [-0.3, -0.25) is 4.79 Å². The molecule has 3 rings (SSSR count). The summed E-state index contributed by atoms with van der Waals surface area (Å²) >= 11 is 0. The molecule has 5 nitrogen and oxygen atoms in total. The fourth-order valence-electron chi connectivity index (χ4n) is 2.81. The molecule has 0 saturated heterocycles. The third-order valence-corrected chi connectivity index (χ3v) is 3.86. The van der Waals surface area contributed by atoms with Gasteiger partial charge < -0.3 is 16.1 Å². The first kappa shape index (κ1) is 23.7. The van der Waals surface area contributed by atoms with Crippen molar-refractivity contribution in [3.05, 3.63) is 76.1 Å². The second-order valence-corrected chi connectivity index (χ2v) is 6.61. The van der Waals surface area contributed by atoms with Crippen LogP contribution in [0.5, 0.6) is 5.75 Å². The molecule has 144 valence electrons. The largest absolute Gasteiger partial charge is 1.00 e. The number of carbonyl (C=O) groups is 1. The first-order valence-corrected chi connectivity index (χ1v) is 8.78. The van der Waals surface area contributed by atoms with Crippen molar-refractivity contribution in [3.8, 4) is 5.75 Å². The van der Waals surface area contributed by atoms with Crippen LogP contribution in [0.4, 0.5) is 0 Å². The number of ketones is 1. The summed E-state index contributed by atoms with van der Waals surface area (Å²) in [5, 5.41) is 19.1. The summed E-state index contributed by atoms with van der Waals surface area (Å²) in [6.07, 6.45) is -0.0410. The predicted octanol–water partition coefficient (Wildman–Crippen LogP) is 1.11. The molecule has 0 aliphatic carbocycles. The van der Waals surface area contributed by atoms with Gasteiger partial charge in [-0.2, -0.15) is 0 Å². The van der Waals surface area contributed by atoms with E-state index in [0.29, 0.717) is 11.0 Å². The molecule has 6 heteroatoms. The van der Waals surface area contributed by atoms with Crippen molar-refractivity contribution in [3.63, 3.8) is 0 Å². The third kappa shape index (κ3) is 6.10. The number of hydrogen-bond donors (Lipinski definition) is 2. The fraction of sp³-hybridized carbons (Fsp3) is 0.273. The number of Topliss-reactive ketones (excluding diaryl/α,β-unsaturated/α-hetero) is 1. The zero-order valence-corrected chi connectivity index (χ0v) is 16.7. The van der Waals surface area contributed by atoms with E-state index in [0.717, 1.165) is 5.56 Å². The van der Waals surface area contributed by atoms with E-state index in [9.17, 15) is 14.7 Å². The Balaban J connectivity index is 0.00000120. The number of rotatable bonds is 4. The maximum Gasteiger partial charge on any atom is 1.00 e. The number of benzene rings is 2. The Labute approximate surface area is 177 Å². The summed E-state index contributed by atoms with van der Waals surface area (Å²) in [4.78, 5) is 24.1. The van der Waals surface area contributed by atoms with Gasteiger partial charge in [0.25, 0.3) is 0 Å². The standard InChI is InChI=1S/C19H16O4.C3H8O.Li.H/c1-12(20)11-15(13-7-3-2-4-8-13)17-18(21)14-9-5-6-10-16(14)23-19(17)22;1-3(2)4;;/h2-10,15,21H,11H2,1H3;3-4H,1-2H3;;/q;;+1;-1. The molecule has 0 saturated carbocycles. The van der Waals surface area contributed by atoms with Crippen LogP contribution < -0.4 is 24.5 Å². The van der Waals surface area contributed by atoms with Gasteiger partial charge >= 0.3 is 24.5 Å². The van der Waals surface area contributed by atoms with Crippen molar-refractivity contribution in [2.75, 3.05) is 0 Å². The predicted molar refractivity (Wildman–Crippen MR) is 106 cm³/mol. The zero-order valence-electron chi connectivity index (χ0n) is 17.7. The summed E-state index contributed by atoms with van der Waals surface area (Å²) < 4.78 is 5.33. The molecule has 2 aromatic carbocycles. The van der Waals surface area contributed by atoms with Gasteiger partial charge in [0.05, 0.1) is 10.9 Å². The van der Waals surface area contributed by atoms with E-state index in [4.69, 9.17) is 9.52 Å². The van der Waals surface area contributed by atoms with Gasteiger partial charge in [0, 0.05) is 18.4 Å². The van der Waals surface area contributed by atoms with Crippen molar-refractivity contribution >= 4 is 16.8 Å². The molecule has 1 atom stereocenters. The summed E-state index contributed by atoms with van der Waals surface area (Å²) in [5.41, 5.74) is 0.635. The van der Waals surface area contributed by atoms with Crippen LogP contribution in [0.25, 0.3) is 11.0 Å². The Bertz CT molecular complexity index is 967. The first-order valence-electron chi connectivity index (χ1n) is 8.78. The van der Waals surface area contributed by atoms with Crippen LogP contribution in [0.15, 0.2) is 63.8 Å². The Hall–Kier alpha value is -2.32. The minimum absolute atomic E-state index is 0. The van der Waals surface area contributed by atoms with E-state index in [-0.39, 0.29) is 49.9 Å². The zero-order chi connectivity index (χ0) is 20.0. The van der Waals surface area contributed by atoms with Gasteiger partial charge in [0.2, 0.25) is 0 Å². The molecule has 3 aromatic rings. The van der Waals surface area contributed by atoms with Gasteiger partial charge in [0.15, 0.2) is 0 Å². The van der Waals surface area contributed by atoms with E-state index in [2.05, 4.69) is 0 Å². The van der Waals surface area contributed by atoms with E-state index in [1.165, 1.54) is 6.92 Å². The van der Waals surface area contributed by atoms with Crippen LogP contribution in [0, 0.1) is 0 Å². The van der Waals surface area contributed by atoms with E-state index >= 15 is 0 Å². The quantitative estimate of drug-likeness (QED) is 0.526. The van der Waals surface area contributed by atoms with Crippen LogP contribution in [-0.2, 0) is 4.79 Å². The van der Waals surface area contributed by atoms with Crippen LogP contribution in [0.3, 0.4) is 0 Å². The SMILES string of the molecule is CC(=O)CC(c1ccccc1)c1c(O)c2ccccc2oc1=O.CC(C)O.[H-].[Li+]. The minimum Gasteiger partial charge on any atom is -1.00 e. The molecular formula is C22H25LiO5. The van der Waals surface area contributed by atoms with Crippen LogP contribution in [-0.4, -0.2) is 22.1 Å². The monoisotopic (exact) mass is 376 g/mol. The third-order valence-electron chi connectivity index (χ3n) is 3.86. The van der Waals surface area contributed by atoms with Crippen molar-refractivity contribution in [1.29, 1.82) is 0 Å². The maximum atomic E-state index is 12.4. The van der Waals surface area contributed by atoms with Gasteiger partial charge in [-0.25, -0.2) is 4.79 Å². The number of carbonyl (C=O) groups excluding carboxylic acids is 1. The van der Waals surface area contributed by atoms with Crippen molar-refractivity contribution in [2.45, 2.75) is 39.2 Å². The number of aliphatic hydroxyl groups excluding tert-OH is 1. The molecule has 2 N–H and O–H groups in total. The minimum atomic E-state index is -0.615. The van der Waals surface area contributed by atoms with E-state index in [1.807, 2.05) is 30.3 Å². The molecular weight excluding hydrogens is 351 g/mol. The van der Waals surface area contributed by atoms with Gasteiger partial charge in [0.1, 0.15) is 17.1 Å². The average molecular weight is 376 g/mol. The second-order valence-electron chi connectivity index (χ2n) is 6.61. The molecule has 0 bridgehead atoms. The van der Waals surface area contributed by atoms with E-state index in [1.54, 1.807) is 38.1 Å². The molecule has 0 fully saturated rings. The Morgan fingerprint density at radius 1 is 1.07 bits per heavy atom. The summed E-state index contributed by atoms with van der Waals surface area (Å²) in [6, 6.07) is 16.0. The van der Waals surface area contributed by atoms with Crippen molar-refractivity contribution < 1.29 is 39.7 Å². The van der Waals surface area contributed by atoms with E-state index < -0.39 is 11.5 Å². The molecule has 0 aliphatic heterocycles. The molecule has 28 heavy (non-hydrogen) atoms. The molecule has 1 unspecified atom stereocenters. The van der Waals surface area contributed by atoms with Crippen molar-refractivity contribution in [2.24, 2.45) is 0 Å².